The maximum atomic E-state index is 13.9. The van der Waals surface area contributed by atoms with Crippen molar-refractivity contribution >= 4 is 45.2 Å². The standard InChI is InChI=1S/C21H21BrClFN4O2/c1-11-10-28(6-5-27(11)2)21(30)25-17-8-12(22)7-15-18(17)19(26-20(15)29)14-9-13(24)3-4-16(14)23/h3-4,7-9,11,19H,5-6,10H2,1-2H3,(H,25,30)(H,26,29). The Kier molecular flexibility index (Phi) is 5.74. The van der Waals surface area contributed by atoms with Crippen LogP contribution in [-0.4, -0.2) is 54.5 Å². The summed E-state index contributed by atoms with van der Waals surface area (Å²) in [5, 5.41) is 6.14. The number of rotatable bonds is 2. The first kappa shape index (κ1) is 21.1. The molecule has 0 spiro atoms. The number of hydrogen-bond acceptors (Lipinski definition) is 3. The molecule has 2 aliphatic rings. The van der Waals surface area contributed by atoms with E-state index in [0.717, 1.165) is 6.54 Å². The normalized spacial score (nSPS) is 21.4. The maximum absolute atomic E-state index is 13.9. The van der Waals surface area contributed by atoms with Crippen LogP contribution >= 0.6 is 27.5 Å². The third kappa shape index (κ3) is 3.91. The number of carbonyl (C=O) groups is 2. The fraction of sp³-hybridized carbons (Fsp3) is 0.333. The van der Waals surface area contributed by atoms with Crippen LogP contribution in [0.5, 0.6) is 0 Å². The first-order valence-electron chi connectivity index (χ1n) is 9.60. The van der Waals surface area contributed by atoms with Crippen molar-refractivity contribution in [2.75, 3.05) is 32.0 Å². The third-order valence-electron chi connectivity index (χ3n) is 5.71. The average molecular weight is 496 g/mol. The number of hydrogen-bond donors (Lipinski definition) is 2. The Bertz CT molecular complexity index is 1030. The van der Waals surface area contributed by atoms with Gasteiger partial charge in [-0.15, -0.1) is 0 Å². The molecule has 2 aliphatic heterocycles. The zero-order chi connectivity index (χ0) is 21.6. The lowest BCUT2D eigenvalue weighted by Gasteiger charge is -2.37. The van der Waals surface area contributed by atoms with E-state index in [1.807, 2.05) is 7.05 Å². The van der Waals surface area contributed by atoms with E-state index in [0.29, 0.717) is 45.0 Å². The second kappa shape index (κ2) is 8.17. The molecule has 2 aromatic rings. The highest BCUT2D eigenvalue weighted by molar-refractivity contribution is 9.10. The minimum absolute atomic E-state index is 0.237. The van der Waals surface area contributed by atoms with Crippen LogP contribution in [0.15, 0.2) is 34.8 Å². The van der Waals surface area contributed by atoms with Crippen LogP contribution < -0.4 is 10.6 Å². The lowest BCUT2D eigenvalue weighted by atomic mass is 9.96. The zero-order valence-corrected chi connectivity index (χ0v) is 18.8. The lowest BCUT2D eigenvalue weighted by molar-refractivity contribution is 0.0960. The number of amides is 3. The second-order valence-electron chi connectivity index (χ2n) is 7.69. The van der Waals surface area contributed by atoms with Crippen molar-refractivity contribution in [3.8, 4) is 0 Å². The molecule has 0 bridgehead atoms. The molecule has 2 heterocycles. The number of likely N-dealkylation sites (N-methyl/N-ethyl adjacent to an activating group) is 1. The molecule has 2 atom stereocenters. The number of urea groups is 1. The number of carbonyl (C=O) groups excluding carboxylic acids is 2. The van der Waals surface area contributed by atoms with Gasteiger partial charge in [-0.1, -0.05) is 27.5 Å². The SMILES string of the molecule is CC1CN(C(=O)Nc2cc(Br)cc3c2C(c2cc(F)ccc2Cl)NC3=O)CCN1C. The molecule has 2 N–H and O–H groups in total. The molecule has 0 radical (unpaired) electrons. The molecule has 0 aromatic heterocycles. The zero-order valence-electron chi connectivity index (χ0n) is 16.5. The molecule has 1 fully saturated rings. The fourth-order valence-corrected chi connectivity index (χ4v) is 4.58. The van der Waals surface area contributed by atoms with Gasteiger partial charge in [-0.3, -0.25) is 4.79 Å². The molecule has 158 valence electrons. The summed E-state index contributed by atoms with van der Waals surface area (Å²) in [4.78, 5) is 29.5. The smallest absolute Gasteiger partial charge is 0.321 e. The maximum Gasteiger partial charge on any atom is 0.321 e. The Labute approximate surface area is 187 Å². The van der Waals surface area contributed by atoms with Gasteiger partial charge in [0.1, 0.15) is 5.82 Å². The monoisotopic (exact) mass is 494 g/mol. The highest BCUT2D eigenvalue weighted by Gasteiger charge is 2.35. The summed E-state index contributed by atoms with van der Waals surface area (Å²) in [6.45, 7) is 4.07. The lowest BCUT2D eigenvalue weighted by Crippen LogP contribution is -2.53. The van der Waals surface area contributed by atoms with Crippen molar-refractivity contribution in [3.63, 3.8) is 0 Å². The summed E-state index contributed by atoms with van der Waals surface area (Å²) in [6, 6.07) is 6.81. The van der Waals surface area contributed by atoms with Crippen molar-refractivity contribution in [2.45, 2.75) is 19.0 Å². The first-order valence-corrected chi connectivity index (χ1v) is 10.8. The molecule has 30 heavy (non-hydrogen) atoms. The topological polar surface area (TPSA) is 64.7 Å². The highest BCUT2D eigenvalue weighted by atomic mass is 79.9. The van der Waals surface area contributed by atoms with Crippen LogP contribution in [0.4, 0.5) is 14.9 Å². The Balaban J connectivity index is 1.70. The van der Waals surface area contributed by atoms with Crippen molar-refractivity contribution in [3.05, 3.63) is 62.3 Å². The molecule has 9 heteroatoms. The summed E-state index contributed by atoms with van der Waals surface area (Å²) in [6.07, 6.45) is 0. The molecule has 6 nitrogen and oxygen atoms in total. The molecule has 0 aliphatic carbocycles. The third-order valence-corrected chi connectivity index (χ3v) is 6.51. The number of fused-ring (bicyclic) bond motifs is 1. The summed E-state index contributed by atoms with van der Waals surface area (Å²) < 4.78 is 14.6. The van der Waals surface area contributed by atoms with E-state index in [1.54, 1.807) is 17.0 Å². The predicted octanol–water partition coefficient (Wildman–Crippen LogP) is 4.24. The summed E-state index contributed by atoms with van der Waals surface area (Å²) in [5.74, 6) is -0.758. The fourth-order valence-electron chi connectivity index (χ4n) is 3.90. The van der Waals surface area contributed by atoms with Crippen molar-refractivity contribution in [2.24, 2.45) is 0 Å². The summed E-state index contributed by atoms with van der Waals surface area (Å²) in [5.41, 5.74) is 1.91. The van der Waals surface area contributed by atoms with E-state index in [9.17, 15) is 14.0 Å². The van der Waals surface area contributed by atoms with Gasteiger partial charge >= 0.3 is 6.03 Å². The van der Waals surface area contributed by atoms with E-state index in [1.165, 1.54) is 18.2 Å². The van der Waals surface area contributed by atoms with E-state index in [2.05, 4.69) is 38.4 Å². The van der Waals surface area contributed by atoms with E-state index < -0.39 is 11.9 Å². The highest BCUT2D eigenvalue weighted by Crippen LogP contribution is 2.41. The van der Waals surface area contributed by atoms with Crippen LogP contribution in [-0.2, 0) is 0 Å². The van der Waals surface area contributed by atoms with Crippen LogP contribution in [0.2, 0.25) is 5.02 Å². The largest absolute Gasteiger partial charge is 0.341 e. The molecule has 4 rings (SSSR count). The molecule has 2 aromatic carbocycles. The number of anilines is 1. The van der Waals surface area contributed by atoms with E-state index in [4.69, 9.17) is 11.6 Å². The first-order chi connectivity index (χ1) is 14.2. The van der Waals surface area contributed by atoms with Crippen molar-refractivity contribution < 1.29 is 14.0 Å². The predicted molar refractivity (Wildman–Crippen MR) is 118 cm³/mol. The van der Waals surface area contributed by atoms with Gasteiger partial charge in [0.25, 0.3) is 5.91 Å². The van der Waals surface area contributed by atoms with Gasteiger partial charge in [0.2, 0.25) is 0 Å². The van der Waals surface area contributed by atoms with Gasteiger partial charge < -0.3 is 20.4 Å². The van der Waals surface area contributed by atoms with Crippen LogP contribution in [0.1, 0.15) is 34.5 Å². The van der Waals surface area contributed by atoms with Gasteiger partial charge in [-0.2, -0.15) is 0 Å². The number of piperazine rings is 1. The number of halogens is 3. The molecule has 3 amide bonds. The molecule has 1 saturated heterocycles. The Hall–Kier alpha value is -2.16. The molecular formula is C21H21BrClFN4O2. The molecule has 2 unspecified atom stereocenters. The number of nitrogens with one attached hydrogen (secondary N) is 2. The summed E-state index contributed by atoms with van der Waals surface area (Å²) in [7, 11) is 2.03. The number of benzene rings is 2. The average Bonchev–Trinajstić information content (AvgIpc) is 3.02. The minimum atomic E-state index is -0.662. The van der Waals surface area contributed by atoms with E-state index in [-0.39, 0.29) is 18.0 Å². The van der Waals surface area contributed by atoms with Gasteiger partial charge in [-0.25, -0.2) is 9.18 Å². The van der Waals surface area contributed by atoms with E-state index >= 15 is 0 Å². The van der Waals surface area contributed by atoms with Gasteiger partial charge in [0.15, 0.2) is 0 Å². The van der Waals surface area contributed by atoms with Gasteiger partial charge in [0, 0.05) is 57.5 Å². The Morgan fingerprint density at radius 1 is 1.30 bits per heavy atom. The summed E-state index contributed by atoms with van der Waals surface area (Å²) >= 11 is 9.72. The number of nitrogens with zero attached hydrogens (tertiary/aromatic N) is 2. The van der Waals surface area contributed by atoms with Gasteiger partial charge in [-0.05, 0) is 44.3 Å². The minimum Gasteiger partial charge on any atom is -0.341 e. The van der Waals surface area contributed by atoms with Crippen LogP contribution in [0.3, 0.4) is 0 Å². The quantitative estimate of drug-likeness (QED) is 0.655. The Morgan fingerprint density at radius 3 is 2.80 bits per heavy atom. The van der Waals surface area contributed by atoms with Crippen LogP contribution in [0, 0.1) is 5.82 Å². The Morgan fingerprint density at radius 2 is 2.07 bits per heavy atom. The van der Waals surface area contributed by atoms with Gasteiger partial charge in [0.05, 0.1) is 6.04 Å². The second-order valence-corrected chi connectivity index (χ2v) is 9.02. The van der Waals surface area contributed by atoms with Crippen LogP contribution in [0.25, 0.3) is 0 Å². The molecule has 0 saturated carbocycles. The molecular weight excluding hydrogens is 475 g/mol. The van der Waals surface area contributed by atoms with Crippen molar-refractivity contribution in [1.82, 2.24) is 15.1 Å². The van der Waals surface area contributed by atoms with Crippen molar-refractivity contribution in [1.29, 1.82) is 0 Å².